The minimum Gasteiger partial charge on any atom is -0.300 e. The highest BCUT2D eigenvalue weighted by Gasteiger charge is 2.25. The van der Waals surface area contributed by atoms with Gasteiger partial charge in [0, 0.05) is 19.0 Å². The van der Waals surface area contributed by atoms with Gasteiger partial charge >= 0.3 is 0 Å². The first-order valence-electron chi connectivity index (χ1n) is 9.08. The van der Waals surface area contributed by atoms with Crippen molar-refractivity contribution in [2.75, 3.05) is 18.4 Å². The Morgan fingerprint density at radius 2 is 1.81 bits per heavy atom. The molecule has 2 heterocycles. The number of nitrogens with zero attached hydrogens (tertiary/aromatic N) is 3. The first-order chi connectivity index (χ1) is 12.9. The highest BCUT2D eigenvalue weighted by Crippen LogP contribution is 2.23. The fourth-order valence-electron chi connectivity index (χ4n) is 2.90. The molecule has 0 atom stereocenters. The van der Waals surface area contributed by atoms with E-state index in [0.29, 0.717) is 18.2 Å². The summed E-state index contributed by atoms with van der Waals surface area (Å²) < 4.78 is 26.8. The molecule has 0 saturated carbocycles. The van der Waals surface area contributed by atoms with E-state index in [2.05, 4.69) is 15.5 Å². The van der Waals surface area contributed by atoms with Crippen molar-refractivity contribution in [2.45, 2.75) is 50.3 Å². The third kappa shape index (κ3) is 4.91. The zero-order chi connectivity index (χ0) is 19.4. The number of piperidine rings is 1. The molecule has 0 aliphatic carbocycles. The fraction of sp³-hybridized carbons (Fsp3) is 0.500. The Kier molecular flexibility index (Phi) is 6.23. The fourth-order valence-corrected chi connectivity index (χ4v) is 5.18. The first kappa shape index (κ1) is 19.9. The molecule has 27 heavy (non-hydrogen) atoms. The van der Waals surface area contributed by atoms with Crippen LogP contribution >= 0.6 is 11.3 Å². The number of benzene rings is 1. The summed E-state index contributed by atoms with van der Waals surface area (Å²) in [7, 11) is -3.45. The van der Waals surface area contributed by atoms with E-state index in [1.54, 1.807) is 28.6 Å². The maximum Gasteiger partial charge on any atom is 0.243 e. The van der Waals surface area contributed by atoms with E-state index in [1.807, 2.05) is 13.8 Å². The van der Waals surface area contributed by atoms with Crippen LogP contribution in [0.3, 0.4) is 0 Å². The molecule has 1 amide bonds. The highest BCUT2D eigenvalue weighted by molar-refractivity contribution is 7.89. The summed E-state index contributed by atoms with van der Waals surface area (Å²) in [4.78, 5) is 12.5. The zero-order valence-corrected chi connectivity index (χ0v) is 17.1. The van der Waals surface area contributed by atoms with Crippen molar-refractivity contribution >= 4 is 32.4 Å². The monoisotopic (exact) mass is 408 g/mol. The molecule has 146 valence electrons. The number of sulfonamides is 1. The van der Waals surface area contributed by atoms with Crippen molar-refractivity contribution in [3.8, 4) is 0 Å². The number of hydrogen-bond donors (Lipinski definition) is 1. The van der Waals surface area contributed by atoms with Gasteiger partial charge in [0.1, 0.15) is 5.01 Å². The summed E-state index contributed by atoms with van der Waals surface area (Å²) >= 11 is 1.36. The number of carbonyl (C=O) groups is 1. The van der Waals surface area contributed by atoms with Crippen LogP contribution in [0.1, 0.15) is 49.6 Å². The first-order valence-corrected chi connectivity index (χ1v) is 11.3. The maximum absolute atomic E-state index is 12.7. The summed E-state index contributed by atoms with van der Waals surface area (Å²) in [6.45, 7) is 5.19. The lowest BCUT2D eigenvalue weighted by Gasteiger charge is -2.25. The number of rotatable bonds is 6. The average Bonchev–Trinajstić information content (AvgIpc) is 3.11. The number of nitrogens with one attached hydrogen (secondary N) is 1. The molecule has 1 aliphatic rings. The van der Waals surface area contributed by atoms with Gasteiger partial charge in [0.25, 0.3) is 0 Å². The van der Waals surface area contributed by atoms with Crippen LogP contribution in [0.25, 0.3) is 0 Å². The average molecular weight is 409 g/mol. The van der Waals surface area contributed by atoms with Gasteiger partial charge < -0.3 is 5.32 Å². The van der Waals surface area contributed by atoms with Crippen molar-refractivity contribution < 1.29 is 13.2 Å². The lowest BCUT2D eigenvalue weighted by molar-refractivity contribution is -0.115. The molecule has 1 aliphatic heterocycles. The Labute approximate surface area is 163 Å². The molecule has 3 rings (SSSR count). The van der Waals surface area contributed by atoms with Crippen LogP contribution in [0.5, 0.6) is 0 Å². The molecular formula is C18H24N4O3S2. The Balaban J connectivity index is 1.62. The summed E-state index contributed by atoms with van der Waals surface area (Å²) in [5.41, 5.74) is 0.749. The van der Waals surface area contributed by atoms with E-state index < -0.39 is 10.0 Å². The Hall–Kier alpha value is -1.84. The summed E-state index contributed by atoms with van der Waals surface area (Å²) in [5.74, 6) is 0.0654. The molecule has 0 radical (unpaired) electrons. The molecule has 7 nitrogen and oxygen atoms in total. The quantitative estimate of drug-likeness (QED) is 0.793. The Morgan fingerprint density at radius 1 is 1.15 bits per heavy atom. The summed E-state index contributed by atoms with van der Waals surface area (Å²) in [6, 6.07) is 6.54. The second-order valence-corrected chi connectivity index (χ2v) is 9.88. The van der Waals surface area contributed by atoms with E-state index >= 15 is 0 Å². The predicted molar refractivity (Wildman–Crippen MR) is 105 cm³/mol. The molecule has 0 spiro atoms. The van der Waals surface area contributed by atoms with Gasteiger partial charge in [-0.2, -0.15) is 4.31 Å². The van der Waals surface area contributed by atoms with Crippen LogP contribution in [0.4, 0.5) is 5.13 Å². The standard InChI is InChI=1S/C18H24N4O3S2/c1-13(2)17-20-21-18(26-17)19-16(23)12-14-6-8-15(9-7-14)27(24,25)22-10-4-3-5-11-22/h6-9,13H,3-5,10-12H2,1-2H3,(H,19,21,23). The zero-order valence-electron chi connectivity index (χ0n) is 15.5. The van der Waals surface area contributed by atoms with Crippen LogP contribution in [0, 0.1) is 0 Å². The van der Waals surface area contributed by atoms with Gasteiger partial charge in [-0.05, 0) is 30.5 Å². The van der Waals surface area contributed by atoms with Crippen LogP contribution in [-0.2, 0) is 21.2 Å². The van der Waals surface area contributed by atoms with Gasteiger partial charge in [0.05, 0.1) is 11.3 Å². The topological polar surface area (TPSA) is 92.3 Å². The second-order valence-electron chi connectivity index (χ2n) is 6.93. The van der Waals surface area contributed by atoms with E-state index in [1.165, 1.54) is 11.3 Å². The highest BCUT2D eigenvalue weighted by atomic mass is 32.2. The number of anilines is 1. The van der Waals surface area contributed by atoms with Gasteiger partial charge in [-0.25, -0.2) is 8.42 Å². The molecule has 0 bridgehead atoms. The van der Waals surface area contributed by atoms with Crippen molar-refractivity contribution in [1.82, 2.24) is 14.5 Å². The van der Waals surface area contributed by atoms with Crippen molar-refractivity contribution in [1.29, 1.82) is 0 Å². The van der Waals surface area contributed by atoms with E-state index in [0.717, 1.165) is 29.8 Å². The Bertz CT molecular complexity index is 886. The molecule has 1 aromatic carbocycles. The molecule has 2 aromatic rings. The summed E-state index contributed by atoms with van der Waals surface area (Å²) in [6.07, 6.45) is 3.04. The van der Waals surface area contributed by atoms with Crippen LogP contribution in [0.15, 0.2) is 29.2 Å². The Morgan fingerprint density at radius 3 is 2.41 bits per heavy atom. The molecule has 1 fully saturated rings. The number of aromatic nitrogens is 2. The summed E-state index contributed by atoms with van der Waals surface area (Å²) in [5, 5.41) is 12.1. The van der Waals surface area contributed by atoms with Gasteiger partial charge in [0.2, 0.25) is 21.1 Å². The van der Waals surface area contributed by atoms with E-state index in [4.69, 9.17) is 0 Å². The lowest BCUT2D eigenvalue weighted by atomic mass is 10.1. The van der Waals surface area contributed by atoms with Crippen molar-refractivity contribution in [3.63, 3.8) is 0 Å². The SMILES string of the molecule is CC(C)c1nnc(NC(=O)Cc2ccc(S(=O)(=O)N3CCCCC3)cc2)s1. The lowest BCUT2D eigenvalue weighted by Crippen LogP contribution is -2.35. The minimum atomic E-state index is -3.45. The smallest absolute Gasteiger partial charge is 0.243 e. The number of carbonyl (C=O) groups excluding carboxylic acids is 1. The number of hydrogen-bond acceptors (Lipinski definition) is 6. The van der Waals surface area contributed by atoms with Crippen LogP contribution in [-0.4, -0.2) is 41.9 Å². The molecule has 1 saturated heterocycles. The third-order valence-electron chi connectivity index (χ3n) is 4.42. The largest absolute Gasteiger partial charge is 0.300 e. The minimum absolute atomic E-state index is 0.153. The van der Waals surface area contributed by atoms with Gasteiger partial charge in [-0.15, -0.1) is 10.2 Å². The van der Waals surface area contributed by atoms with Gasteiger partial charge in [-0.3, -0.25) is 4.79 Å². The maximum atomic E-state index is 12.7. The second kappa shape index (κ2) is 8.45. The molecule has 9 heteroatoms. The van der Waals surface area contributed by atoms with E-state index in [-0.39, 0.29) is 23.1 Å². The molecule has 1 N–H and O–H groups in total. The predicted octanol–water partition coefficient (Wildman–Crippen LogP) is 3.02. The third-order valence-corrected chi connectivity index (χ3v) is 7.47. The number of amides is 1. The normalized spacial score (nSPS) is 15.8. The molecule has 0 unspecified atom stereocenters. The van der Waals surface area contributed by atoms with Crippen LogP contribution in [0.2, 0.25) is 0 Å². The van der Waals surface area contributed by atoms with Crippen LogP contribution < -0.4 is 5.32 Å². The van der Waals surface area contributed by atoms with Crippen molar-refractivity contribution in [2.24, 2.45) is 0 Å². The van der Waals surface area contributed by atoms with E-state index in [9.17, 15) is 13.2 Å². The van der Waals surface area contributed by atoms with Gasteiger partial charge in [0.15, 0.2) is 0 Å². The van der Waals surface area contributed by atoms with Crippen molar-refractivity contribution in [3.05, 3.63) is 34.8 Å². The molecule has 1 aromatic heterocycles. The van der Waals surface area contributed by atoms with Gasteiger partial charge in [-0.1, -0.05) is 43.7 Å². The molecular weight excluding hydrogens is 384 g/mol.